The van der Waals surface area contributed by atoms with Crippen LogP contribution in [-0.2, 0) is 4.74 Å². The maximum Gasteiger partial charge on any atom is 0.287 e. The van der Waals surface area contributed by atoms with E-state index in [0.29, 0.717) is 18.9 Å². The van der Waals surface area contributed by atoms with Crippen LogP contribution in [0.1, 0.15) is 15.4 Å². The van der Waals surface area contributed by atoms with E-state index in [-0.39, 0.29) is 5.91 Å². The van der Waals surface area contributed by atoms with Gasteiger partial charge in [0, 0.05) is 24.8 Å². The first-order valence-corrected chi connectivity index (χ1v) is 9.48. The molecule has 0 bridgehead atoms. The predicted octanol–water partition coefficient (Wildman–Crippen LogP) is 2.74. The molecule has 2 aromatic heterocycles. The summed E-state index contributed by atoms with van der Waals surface area (Å²) in [4.78, 5) is 22.8. The van der Waals surface area contributed by atoms with E-state index in [1.54, 1.807) is 35.9 Å². The summed E-state index contributed by atoms with van der Waals surface area (Å²) in [5, 5.41) is 5.06. The first-order chi connectivity index (χ1) is 13.3. The van der Waals surface area contributed by atoms with E-state index >= 15 is 0 Å². The SMILES string of the molecule is O=C(N/N=C\c1sc(N2CCOCC2)nc1-c1ccccc1)c1ccc[nH]1. The zero-order valence-electron chi connectivity index (χ0n) is 14.6. The molecular formula is C19H19N5O2S. The Morgan fingerprint density at radius 2 is 2.04 bits per heavy atom. The summed E-state index contributed by atoms with van der Waals surface area (Å²) >= 11 is 1.56. The molecule has 0 radical (unpaired) electrons. The number of amides is 1. The number of rotatable bonds is 5. The van der Waals surface area contributed by atoms with Crippen molar-refractivity contribution >= 4 is 28.6 Å². The average molecular weight is 381 g/mol. The highest BCUT2D eigenvalue weighted by Crippen LogP contribution is 2.32. The zero-order chi connectivity index (χ0) is 18.5. The second-order valence-corrected chi connectivity index (χ2v) is 6.97. The molecule has 138 valence electrons. The van der Waals surface area contributed by atoms with Crippen LogP contribution in [-0.4, -0.2) is 48.4 Å². The Bertz CT molecular complexity index is 915. The number of morpholine rings is 1. The number of H-pyrrole nitrogens is 1. The molecule has 1 aliphatic heterocycles. The number of ether oxygens (including phenoxy) is 1. The van der Waals surface area contributed by atoms with Crippen LogP contribution >= 0.6 is 11.3 Å². The predicted molar refractivity (Wildman–Crippen MR) is 106 cm³/mol. The maximum atomic E-state index is 12.0. The largest absolute Gasteiger partial charge is 0.378 e. The Kier molecular flexibility index (Phi) is 5.27. The van der Waals surface area contributed by atoms with E-state index in [2.05, 4.69) is 20.4 Å². The number of nitrogens with one attached hydrogen (secondary N) is 2. The van der Waals surface area contributed by atoms with Gasteiger partial charge in [-0.15, -0.1) is 0 Å². The van der Waals surface area contributed by atoms with Gasteiger partial charge in [-0.2, -0.15) is 5.10 Å². The highest BCUT2D eigenvalue weighted by Gasteiger charge is 2.18. The molecule has 0 atom stereocenters. The summed E-state index contributed by atoms with van der Waals surface area (Å²) in [6.45, 7) is 3.05. The molecule has 2 N–H and O–H groups in total. The van der Waals surface area contributed by atoms with E-state index in [4.69, 9.17) is 9.72 Å². The first-order valence-electron chi connectivity index (χ1n) is 8.67. The van der Waals surface area contributed by atoms with Crippen LogP contribution in [0.4, 0.5) is 5.13 Å². The maximum absolute atomic E-state index is 12.0. The molecule has 0 aliphatic carbocycles. The van der Waals surface area contributed by atoms with E-state index in [9.17, 15) is 4.79 Å². The van der Waals surface area contributed by atoms with Crippen LogP contribution in [0.15, 0.2) is 53.8 Å². The summed E-state index contributed by atoms with van der Waals surface area (Å²) in [6.07, 6.45) is 3.36. The molecule has 27 heavy (non-hydrogen) atoms. The van der Waals surface area contributed by atoms with Gasteiger partial charge < -0.3 is 14.6 Å². The summed E-state index contributed by atoms with van der Waals surface area (Å²) in [5.74, 6) is -0.282. The van der Waals surface area contributed by atoms with Crippen molar-refractivity contribution in [3.8, 4) is 11.3 Å². The summed E-state index contributed by atoms with van der Waals surface area (Å²) < 4.78 is 5.43. The molecule has 4 rings (SSSR count). The second kappa shape index (κ2) is 8.15. The smallest absolute Gasteiger partial charge is 0.287 e. The molecule has 8 heteroatoms. The minimum atomic E-state index is -0.282. The third-order valence-electron chi connectivity index (χ3n) is 4.16. The fourth-order valence-electron chi connectivity index (χ4n) is 2.78. The number of nitrogens with zero attached hydrogens (tertiary/aromatic N) is 3. The zero-order valence-corrected chi connectivity index (χ0v) is 15.4. The highest BCUT2D eigenvalue weighted by atomic mass is 32.1. The van der Waals surface area contributed by atoms with Gasteiger partial charge in [-0.3, -0.25) is 4.79 Å². The van der Waals surface area contributed by atoms with E-state index < -0.39 is 0 Å². The van der Waals surface area contributed by atoms with Crippen LogP contribution in [0.5, 0.6) is 0 Å². The molecule has 0 unspecified atom stereocenters. The molecule has 0 spiro atoms. The fraction of sp³-hybridized carbons (Fsp3) is 0.211. The molecule has 1 aromatic carbocycles. The Morgan fingerprint density at radius 3 is 2.78 bits per heavy atom. The number of anilines is 1. The van der Waals surface area contributed by atoms with Crippen molar-refractivity contribution < 1.29 is 9.53 Å². The van der Waals surface area contributed by atoms with Crippen LogP contribution in [0.2, 0.25) is 0 Å². The number of hydrogen-bond acceptors (Lipinski definition) is 6. The molecule has 0 saturated carbocycles. The van der Waals surface area contributed by atoms with Crippen LogP contribution in [0.25, 0.3) is 11.3 Å². The third-order valence-corrected chi connectivity index (χ3v) is 5.21. The minimum Gasteiger partial charge on any atom is -0.378 e. The number of aromatic amines is 1. The lowest BCUT2D eigenvalue weighted by atomic mass is 10.1. The van der Waals surface area contributed by atoms with Crippen molar-refractivity contribution in [1.82, 2.24) is 15.4 Å². The fourth-order valence-corrected chi connectivity index (χ4v) is 3.79. The summed E-state index contributed by atoms with van der Waals surface area (Å²) in [6, 6.07) is 13.4. The van der Waals surface area contributed by atoms with Gasteiger partial charge in [-0.05, 0) is 12.1 Å². The Hall–Kier alpha value is -2.97. The van der Waals surface area contributed by atoms with Crippen molar-refractivity contribution in [3.63, 3.8) is 0 Å². The number of aromatic nitrogens is 2. The number of hydrogen-bond donors (Lipinski definition) is 2. The van der Waals surface area contributed by atoms with Crippen molar-refractivity contribution in [2.45, 2.75) is 0 Å². The molecule has 3 aromatic rings. The lowest BCUT2D eigenvalue weighted by Crippen LogP contribution is -2.36. The molecule has 7 nitrogen and oxygen atoms in total. The Morgan fingerprint density at radius 1 is 1.22 bits per heavy atom. The number of thiazole rings is 1. The monoisotopic (exact) mass is 381 g/mol. The molecule has 3 heterocycles. The van der Waals surface area contributed by atoms with E-state index in [1.807, 2.05) is 30.3 Å². The second-order valence-electron chi connectivity index (χ2n) is 5.96. The lowest BCUT2D eigenvalue weighted by Gasteiger charge is -2.26. The molecular weight excluding hydrogens is 362 g/mol. The number of carbonyl (C=O) groups excluding carboxylic acids is 1. The number of hydrazone groups is 1. The van der Waals surface area contributed by atoms with Gasteiger partial charge in [0.05, 0.1) is 30.0 Å². The Labute approximate surface area is 160 Å². The highest BCUT2D eigenvalue weighted by molar-refractivity contribution is 7.17. The van der Waals surface area contributed by atoms with Gasteiger partial charge in [0.2, 0.25) is 0 Å². The third kappa shape index (κ3) is 4.07. The van der Waals surface area contributed by atoms with Crippen LogP contribution in [0, 0.1) is 0 Å². The van der Waals surface area contributed by atoms with Crippen LogP contribution in [0.3, 0.4) is 0 Å². The minimum absolute atomic E-state index is 0.282. The number of benzene rings is 1. The molecule has 1 saturated heterocycles. The normalized spacial score (nSPS) is 14.6. The van der Waals surface area contributed by atoms with Crippen molar-refractivity contribution in [3.05, 3.63) is 59.2 Å². The van der Waals surface area contributed by atoms with Gasteiger partial charge >= 0.3 is 0 Å². The van der Waals surface area contributed by atoms with Crippen molar-refractivity contribution in [2.75, 3.05) is 31.2 Å². The molecule has 1 aliphatic rings. The van der Waals surface area contributed by atoms with E-state index in [0.717, 1.165) is 34.4 Å². The van der Waals surface area contributed by atoms with Gasteiger partial charge in [0.1, 0.15) is 5.69 Å². The van der Waals surface area contributed by atoms with E-state index in [1.165, 1.54) is 0 Å². The summed E-state index contributed by atoms with van der Waals surface area (Å²) in [7, 11) is 0. The van der Waals surface area contributed by atoms with Gasteiger partial charge in [-0.1, -0.05) is 41.7 Å². The van der Waals surface area contributed by atoms with Gasteiger partial charge in [-0.25, -0.2) is 10.4 Å². The standard InChI is InChI=1S/C19H19N5O2S/c25-18(15-7-4-8-20-15)23-21-13-16-17(14-5-2-1-3-6-14)22-19(27-16)24-9-11-26-12-10-24/h1-8,13,20H,9-12H2,(H,23,25)/b21-13-. The Balaban J connectivity index is 1.58. The number of carbonyl (C=O) groups is 1. The van der Waals surface area contributed by atoms with Gasteiger partial charge in [0.15, 0.2) is 5.13 Å². The van der Waals surface area contributed by atoms with Crippen molar-refractivity contribution in [1.29, 1.82) is 0 Å². The average Bonchev–Trinajstić information content (AvgIpc) is 3.40. The summed E-state index contributed by atoms with van der Waals surface area (Å²) in [5.41, 5.74) is 4.89. The molecule has 1 amide bonds. The molecule has 1 fully saturated rings. The quantitative estimate of drug-likeness (QED) is 0.526. The first kappa shape index (κ1) is 17.4. The van der Waals surface area contributed by atoms with Crippen molar-refractivity contribution in [2.24, 2.45) is 5.10 Å². The topological polar surface area (TPSA) is 82.6 Å². The van der Waals surface area contributed by atoms with Crippen LogP contribution < -0.4 is 10.3 Å². The van der Waals surface area contributed by atoms with Gasteiger partial charge in [0.25, 0.3) is 5.91 Å². The lowest BCUT2D eigenvalue weighted by molar-refractivity contribution is 0.0951.